The second-order valence-electron chi connectivity index (χ2n) is 6.07. The molecule has 0 aromatic heterocycles. The molecule has 1 N–H and O–H groups in total. The summed E-state index contributed by atoms with van der Waals surface area (Å²) >= 11 is 0. The molecule has 1 saturated heterocycles. The van der Waals surface area contributed by atoms with Gasteiger partial charge in [0.15, 0.2) is 5.79 Å². The first-order chi connectivity index (χ1) is 7.70. The van der Waals surface area contributed by atoms with E-state index in [2.05, 4.69) is 46.6 Å². The van der Waals surface area contributed by atoms with Crippen LogP contribution in [0, 0.1) is 5.92 Å². The maximum absolute atomic E-state index is 10.8. The molecule has 4 unspecified atom stereocenters. The monoisotopic (exact) mass is 243 g/mol. The molecule has 0 amide bonds. The van der Waals surface area contributed by atoms with Crippen LogP contribution in [-0.4, -0.2) is 41.0 Å². The van der Waals surface area contributed by atoms with E-state index in [4.69, 9.17) is 4.74 Å². The zero-order valence-electron chi connectivity index (χ0n) is 12.5. The van der Waals surface area contributed by atoms with Crippen molar-refractivity contribution in [1.82, 2.24) is 4.90 Å². The van der Waals surface area contributed by atoms with Crippen molar-refractivity contribution in [2.75, 3.05) is 14.2 Å². The van der Waals surface area contributed by atoms with Crippen LogP contribution in [0.4, 0.5) is 0 Å². The highest BCUT2D eigenvalue weighted by Gasteiger charge is 2.57. The summed E-state index contributed by atoms with van der Waals surface area (Å²) in [5, 5.41) is 10.8. The minimum absolute atomic E-state index is 0.0119. The third-order valence-electron chi connectivity index (χ3n) is 5.65. The first-order valence-electron chi connectivity index (χ1n) is 6.71. The lowest BCUT2D eigenvalue weighted by Crippen LogP contribution is -2.70. The number of nitrogens with zero attached hydrogens (tertiary/aromatic N) is 1. The molecule has 102 valence electrons. The molecule has 0 aromatic rings. The zero-order valence-corrected chi connectivity index (χ0v) is 12.5. The molecular formula is C14H29NO2. The lowest BCUT2D eigenvalue weighted by atomic mass is 9.66. The molecular weight excluding hydrogens is 214 g/mol. The van der Waals surface area contributed by atoms with E-state index in [1.165, 1.54) is 0 Å². The summed E-state index contributed by atoms with van der Waals surface area (Å²) < 4.78 is 5.46. The van der Waals surface area contributed by atoms with E-state index in [0.29, 0.717) is 6.42 Å². The lowest BCUT2D eigenvalue weighted by molar-refractivity contribution is -0.293. The van der Waals surface area contributed by atoms with Gasteiger partial charge in [-0.3, -0.25) is 4.90 Å². The molecule has 1 fully saturated rings. The largest absolute Gasteiger partial charge is 0.365 e. The summed E-state index contributed by atoms with van der Waals surface area (Å²) in [6.07, 6.45) is 2.68. The van der Waals surface area contributed by atoms with Crippen molar-refractivity contribution < 1.29 is 9.84 Å². The summed E-state index contributed by atoms with van der Waals surface area (Å²) in [4.78, 5) is 2.44. The van der Waals surface area contributed by atoms with Crippen LogP contribution in [-0.2, 0) is 4.74 Å². The van der Waals surface area contributed by atoms with E-state index < -0.39 is 5.79 Å². The maximum atomic E-state index is 10.8. The average molecular weight is 243 g/mol. The van der Waals surface area contributed by atoms with Crippen LogP contribution >= 0.6 is 0 Å². The standard InChI is InChI=1S/C14H29NO2/c1-8-12(4)10-14(16,17-7)11(3)13(5,9-2)15(12)6/h11,16H,8-10H2,1-7H3. The van der Waals surface area contributed by atoms with Gasteiger partial charge in [0.2, 0.25) is 0 Å². The molecule has 3 heteroatoms. The fourth-order valence-electron chi connectivity index (χ4n) is 3.36. The van der Waals surface area contributed by atoms with Crippen molar-refractivity contribution in [2.45, 2.75) is 70.7 Å². The number of methoxy groups -OCH3 is 1. The Morgan fingerprint density at radius 2 is 1.82 bits per heavy atom. The van der Waals surface area contributed by atoms with Gasteiger partial charge < -0.3 is 9.84 Å². The van der Waals surface area contributed by atoms with Gasteiger partial charge in [-0.15, -0.1) is 0 Å². The number of hydrogen-bond donors (Lipinski definition) is 1. The Morgan fingerprint density at radius 1 is 1.29 bits per heavy atom. The van der Waals surface area contributed by atoms with Crippen LogP contribution < -0.4 is 0 Å². The SMILES string of the molecule is CCC1(C)CC(O)(OC)C(C)C(C)(CC)N1C. The van der Waals surface area contributed by atoms with Crippen LogP contribution in [0.15, 0.2) is 0 Å². The van der Waals surface area contributed by atoms with Crippen molar-refractivity contribution in [3.63, 3.8) is 0 Å². The predicted octanol–water partition coefficient (Wildman–Crippen LogP) is 2.63. The minimum Gasteiger partial charge on any atom is -0.365 e. The Hall–Kier alpha value is -0.120. The van der Waals surface area contributed by atoms with Crippen molar-refractivity contribution in [3.05, 3.63) is 0 Å². The maximum Gasteiger partial charge on any atom is 0.171 e. The van der Waals surface area contributed by atoms with E-state index in [1.807, 2.05) is 0 Å². The van der Waals surface area contributed by atoms with E-state index in [-0.39, 0.29) is 17.0 Å². The van der Waals surface area contributed by atoms with Gasteiger partial charge in [-0.25, -0.2) is 0 Å². The Morgan fingerprint density at radius 3 is 2.18 bits per heavy atom. The average Bonchev–Trinajstić information content (AvgIpc) is 2.34. The third-order valence-corrected chi connectivity index (χ3v) is 5.65. The Kier molecular flexibility index (Phi) is 3.98. The van der Waals surface area contributed by atoms with Gasteiger partial charge in [0, 0.05) is 30.5 Å². The quantitative estimate of drug-likeness (QED) is 0.773. The normalized spacial score (nSPS) is 48.4. The van der Waals surface area contributed by atoms with Gasteiger partial charge in [-0.2, -0.15) is 0 Å². The Balaban J connectivity index is 3.23. The Labute approximate surface area is 106 Å². The van der Waals surface area contributed by atoms with E-state index in [1.54, 1.807) is 7.11 Å². The molecule has 1 rings (SSSR count). The molecule has 1 aliphatic rings. The molecule has 1 aliphatic heterocycles. The first-order valence-corrected chi connectivity index (χ1v) is 6.71. The van der Waals surface area contributed by atoms with Gasteiger partial charge in [-0.1, -0.05) is 20.8 Å². The summed E-state index contributed by atoms with van der Waals surface area (Å²) in [7, 11) is 3.80. The number of hydrogen-bond acceptors (Lipinski definition) is 3. The van der Waals surface area contributed by atoms with Gasteiger partial charge in [-0.05, 0) is 33.7 Å². The highest BCUT2D eigenvalue weighted by Crippen LogP contribution is 2.49. The summed E-state index contributed by atoms with van der Waals surface area (Å²) in [6.45, 7) is 10.9. The number of aliphatic hydroxyl groups is 1. The molecule has 0 radical (unpaired) electrons. The fraction of sp³-hybridized carbons (Fsp3) is 1.00. The first kappa shape index (κ1) is 14.9. The van der Waals surface area contributed by atoms with Gasteiger partial charge in [0.25, 0.3) is 0 Å². The van der Waals surface area contributed by atoms with Crippen molar-refractivity contribution in [1.29, 1.82) is 0 Å². The smallest absolute Gasteiger partial charge is 0.171 e. The van der Waals surface area contributed by atoms with E-state index in [9.17, 15) is 5.11 Å². The molecule has 0 saturated carbocycles. The van der Waals surface area contributed by atoms with Crippen LogP contribution in [0.3, 0.4) is 0 Å². The van der Waals surface area contributed by atoms with E-state index >= 15 is 0 Å². The predicted molar refractivity (Wildman–Crippen MR) is 70.9 cm³/mol. The van der Waals surface area contributed by atoms with Crippen LogP contribution in [0.5, 0.6) is 0 Å². The summed E-state index contributed by atoms with van der Waals surface area (Å²) in [5.74, 6) is -0.920. The van der Waals surface area contributed by atoms with Crippen molar-refractivity contribution in [2.24, 2.45) is 5.92 Å². The topological polar surface area (TPSA) is 32.7 Å². The summed E-state index contributed by atoms with van der Waals surface area (Å²) in [5.41, 5.74) is -0.0458. The molecule has 4 atom stereocenters. The van der Waals surface area contributed by atoms with Crippen LogP contribution in [0.25, 0.3) is 0 Å². The van der Waals surface area contributed by atoms with Gasteiger partial charge in [0.05, 0.1) is 0 Å². The van der Waals surface area contributed by atoms with Gasteiger partial charge in [0.1, 0.15) is 0 Å². The fourth-order valence-corrected chi connectivity index (χ4v) is 3.36. The second kappa shape index (κ2) is 4.52. The number of rotatable bonds is 3. The van der Waals surface area contributed by atoms with Crippen molar-refractivity contribution >= 4 is 0 Å². The minimum atomic E-state index is -1.01. The van der Waals surface area contributed by atoms with Crippen LogP contribution in [0.1, 0.15) is 53.9 Å². The van der Waals surface area contributed by atoms with E-state index in [0.717, 1.165) is 12.8 Å². The number of ether oxygens (including phenoxy) is 1. The molecule has 0 aliphatic carbocycles. The third kappa shape index (κ3) is 2.02. The molecule has 1 heterocycles. The lowest BCUT2D eigenvalue weighted by Gasteiger charge is -2.61. The molecule has 0 aromatic carbocycles. The molecule has 17 heavy (non-hydrogen) atoms. The number of piperidine rings is 1. The summed E-state index contributed by atoms with van der Waals surface area (Å²) in [6, 6.07) is 0. The molecule has 0 spiro atoms. The zero-order chi connectivity index (χ0) is 13.5. The molecule has 3 nitrogen and oxygen atoms in total. The van der Waals surface area contributed by atoms with Crippen LogP contribution in [0.2, 0.25) is 0 Å². The highest BCUT2D eigenvalue weighted by molar-refractivity contribution is 5.08. The van der Waals surface area contributed by atoms with Crippen molar-refractivity contribution in [3.8, 4) is 0 Å². The highest BCUT2D eigenvalue weighted by atomic mass is 16.6. The van der Waals surface area contributed by atoms with Gasteiger partial charge >= 0.3 is 0 Å². The number of likely N-dealkylation sites (tertiary alicyclic amines) is 1. The Bertz CT molecular complexity index is 259. The molecule has 0 bridgehead atoms. The second-order valence-corrected chi connectivity index (χ2v) is 6.07.